The van der Waals surface area contributed by atoms with E-state index in [0.29, 0.717) is 30.4 Å². The normalized spacial score (nSPS) is 12.6. The van der Waals surface area contributed by atoms with Crippen molar-refractivity contribution in [2.24, 2.45) is 0 Å². The highest BCUT2D eigenvalue weighted by Gasteiger charge is 2.27. The second kappa shape index (κ2) is 12.3. The van der Waals surface area contributed by atoms with Crippen molar-refractivity contribution < 1.29 is 24.9 Å². The van der Waals surface area contributed by atoms with Crippen LogP contribution in [0.2, 0.25) is 0 Å². The van der Waals surface area contributed by atoms with Crippen LogP contribution in [0.4, 0.5) is 0 Å². The molecule has 1 amide bonds. The molecule has 8 nitrogen and oxygen atoms in total. The molecular formula is C29H34N2O6. The summed E-state index contributed by atoms with van der Waals surface area (Å²) in [5.74, 6) is -2.39. The number of aromatic hydroxyl groups is 2. The first kappa shape index (κ1) is 27.5. The largest absolute Gasteiger partial charge is 0.504 e. The number of hydrogen-bond acceptors (Lipinski definition) is 5. The van der Waals surface area contributed by atoms with Crippen LogP contribution in [-0.2, 0) is 16.0 Å². The number of carboxylic acids is 1. The molecule has 196 valence electrons. The van der Waals surface area contributed by atoms with Gasteiger partial charge >= 0.3 is 5.97 Å². The first-order valence-corrected chi connectivity index (χ1v) is 12.4. The first-order chi connectivity index (χ1) is 17.6. The van der Waals surface area contributed by atoms with Gasteiger partial charge in [-0.3, -0.25) is 14.4 Å². The Labute approximate surface area is 216 Å². The number of carbonyl (C=O) groups is 2. The number of carbonyl (C=O) groups excluding carboxylic acids is 1. The molecule has 0 fully saturated rings. The summed E-state index contributed by atoms with van der Waals surface area (Å²) in [5, 5.41) is 31.7. The number of pyridine rings is 1. The number of rotatable bonds is 11. The minimum Gasteiger partial charge on any atom is -0.504 e. The molecule has 0 saturated carbocycles. The summed E-state index contributed by atoms with van der Waals surface area (Å²) >= 11 is 0. The standard InChI is InChI=1S/C29H34N2O6/c1-4-5-6-24(28(36)30-23(16-27(34)35)21-11-12-25(32)26(33)15-21)31-17-19(3)13-22(29(31)37)14-20-9-7-18(2)8-10-20/h7-13,15,17,23-24,32-33H,4-6,14,16H2,1-3H3,(H,30,36)(H,34,35). The number of nitrogens with one attached hydrogen (secondary N) is 1. The predicted octanol–water partition coefficient (Wildman–Crippen LogP) is 4.53. The molecule has 0 saturated heterocycles. The highest BCUT2D eigenvalue weighted by Crippen LogP contribution is 2.29. The number of carboxylic acid groups (broad SMARTS) is 1. The monoisotopic (exact) mass is 506 g/mol. The number of phenolic OH excluding ortho intramolecular Hbond substituents is 2. The van der Waals surface area contributed by atoms with Crippen LogP contribution in [-0.4, -0.2) is 31.8 Å². The second-order valence-corrected chi connectivity index (χ2v) is 9.48. The van der Waals surface area contributed by atoms with E-state index in [1.165, 1.54) is 22.8 Å². The minimum absolute atomic E-state index is 0.264. The van der Waals surface area contributed by atoms with E-state index < -0.39 is 36.1 Å². The van der Waals surface area contributed by atoms with Crippen LogP contribution in [0.5, 0.6) is 11.5 Å². The van der Waals surface area contributed by atoms with Crippen molar-refractivity contribution in [1.82, 2.24) is 9.88 Å². The van der Waals surface area contributed by atoms with E-state index in [-0.39, 0.29) is 11.3 Å². The van der Waals surface area contributed by atoms with Gasteiger partial charge in [-0.15, -0.1) is 0 Å². The average molecular weight is 507 g/mol. The van der Waals surface area contributed by atoms with Crippen LogP contribution >= 0.6 is 0 Å². The molecule has 3 aromatic rings. The van der Waals surface area contributed by atoms with Crippen LogP contribution in [0.3, 0.4) is 0 Å². The highest BCUT2D eigenvalue weighted by molar-refractivity contribution is 5.81. The van der Waals surface area contributed by atoms with E-state index in [2.05, 4.69) is 5.32 Å². The van der Waals surface area contributed by atoms with Crippen LogP contribution in [0.25, 0.3) is 0 Å². The van der Waals surface area contributed by atoms with Crippen molar-refractivity contribution in [3.05, 3.63) is 92.9 Å². The average Bonchev–Trinajstić information content (AvgIpc) is 2.84. The Morgan fingerprint density at radius 2 is 1.68 bits per heavy atom. The molecule has 8 heteroatoms. The van der Waals surface area contributed by atoms with E-state index in [4.69, 9.17) is 0 Å². The van der Waals surface area contributed by atoms with Gasteiger partial charge in [-0.05, 0) is 55.2 Å². The van der Waals surface area contributed by atoms with Gasteiger partial charge in [0.05, 0.1) is 12.5 Å². The molecule has 0 bridgehead atoms. The molecule has 1 aromatic heterocycles. The molecule has 2 atom stereocenters. The van der Waals surface area contributed by atoms with Gasteiger partial charge in [0.25, 0.3) is 5.56 Å². The second-order valence-electron chi connectivity index (χ2n) is 9.48. The molecule has 0 spiro atoms. The van der Waals surface area contributed by atoms with E-state index in [1.807, 2.05) is 51.1 Å². The predicted molar refractivity (Wildman–Crippen MR) is 141 cm³/mol. The Bertz CT molecular complexity index is 1310. The molecule has 4 N–H and O–H groups in total. The fourth-order valence-corrected chi connectivity index (χ4v) is 4.35. The molecule has 2 aromatic carbocycles. The lowest BCUT2D eigenvalue weighted by Crippen LogP contribution is -2.40. The third kappa shape index (κ3) is 7.22. The third-order valence-electron chi connectivity index (χ3n) is 6.34. The Kier molecular flexibility index (Phi) is 9.11. The fraction of sp³-hybridized carbons (Fsp3) is 0.345. The quantitative estimate of drug-likeness (QED) is 0.283. The van der Waals surface area contributed by atoms with Gasteiger partial charge in [0.2, 0.25) is 5.91 Å². The van der Waals surface area contributed by atoms with Gasteiger partial charge < -0.3 is 25.2 Å². The first-order valence-electron chi connectivity index (χ1n) is 12.4. The molecule has 3 rings (SSSR count). The number of nitrogens with zero attached hydrogens (tertiary/aromatic N) is 1. The van der Waals surface area contributed by atoms with Crippen molar-refractivity contribution >= 4 is 11.9 Å². The van der Waals surface area contributed by atoms with E-state index in [0.717, 1.165) is 23.1 Å². The summed E-state index contributed by atoms with van der Waals surface area (Å²) in [6.45, 7) is 5.86. The summed E-state index contributed by atoms with van der Waals surface area (Å²) in [5.41, 5.74) is 3.59. The third-order valence-corrected chi connectivity index (χ3v) is 6.34. The summed E-state index contributed by atoms with van der Waals surface area (Å²) < 4.78 is 1.45. The van der Waals surface area contributed by atoms with Crippen molar-refractivity contribution in [3.8, 4) is 11.5 Å². The fourth-order valence-electron chi connectivity index (χ4n) is 4.35. The van der Waals surface area contributed by atoms with Crippen molar-refractivity contribution in [2.75, 3.05) is 0 Å². The molecule has 0 radical (unpaired) electrons. The van der Waals surface area contributed by atoms with Crippen molar-refractivity contribution in [1.29, 1.82) is 0 Å². The van der Waals surface area contributed by atoms with Crippen LogP contribution < -0.4 is 10.9 Å². The summed E-state index contributed by atoms with van der Waals surface area (Å²) in [4.78, 5) is 38.7. The minimum atomic E-state index is -1.14. The lowest BCUT2D eigenvalue weighted by atomic mass is 10.0. The Hall–Kier alpha value is -4.07. The van der Waals surface area contributed by atoms with Gasteiger partial charge in [-0.25, -0.2) is 0 Å². The SMILES string of the molecule is CCCCC(C(=O)NC(CC(=O)O)c1ccc(O)c(O)c1)n1cc(C)cc(Cc2ccc(C)cc2)c1=O. The van der Waals surface area contributed by atoms with Gasteiger partial charge in [-0.2, -0.15) is 0 Å². The molecular weight excluding hydrogens is 472 g/mol. The maximum absolute atomic E-state index is 13.6. The van der Waals surface area contributed by atoms with Crippen LogP contribution in [0, 0.1) is 13.8 Å². The topological polar surface area (TPSA) is 129 Å². The highest BCUT2D eigenvalue weighted by atomic mass is 16.4. The van der Waals surface area contributed by atoms with E-state index in [9.17, 15) is 29.7 Å². The van der Waals surface area contributed by atoms with Gasteiger partial charge in [0, 0.05) is 18.2 Å². The smallest absolute Gasteiger partial charge is 0.305 e. The van der Waals surface area contributed by atoms with Crippen LogP contribution in [0.1, 0.15) is 72.5 Å². The number of phenols is 2. The van der Waals surface area contributed by atoms with Gasteiger partial charge in [0.15, 0.2) is 11.5 Å². The molecule has 0 aliphatic rings. The number of aryl methyl sites for hydroxylation is 2. The Morgan fingerprint density at radius 3 is 2.30 bits per heavy atom. The molecule has 37 heavy (non-hydrogen) atoms. The molecule has 0 aliphatic heterocycles. The number of aliphatic carboxylic acids is 1. The van der Waals surface area contributed by atoms with E-state index in [1.54, 1.807) is 6.20 Å². The van der Waals surface area contributed by atoms with Crippen molar-refractivity contribution in [2.45, 2.75) is 65.0 Å². The number of hydrogen-bond donors (Lipinski definition) is 4. The van der Waals surface area contributed by atoms with E-state index >= 15 is 0 Å². The van der Waals surface area contributed by atoms with Crippen LogP contribution in [0.15, 0.2) is 59.5 Å². The maximum atomic E-state index is 13.6. The lowest BCUT2D eigenvalue weighted by molar-refractivity contribution is -0.138. The molecule has 0 aliphatic carbocycles. The van der Waals surface area contributed by atoms with Crippen molar-refractivity contribution in [3.63, 3.8) is 0 Å². The Balaban J connectivity index is 1.97. The Morgan fingerprint density at radius 1 is 0.973 bits per heavy atom. The summed E-state index contributed by atoms with van der Waals surface area (Å²) in [7, 11) is 0. The summed E-state index contributed by atoms with van der Waals surface area (Å²) in [6, 6.07) is 11.9. The van der Waals surface area contributed by atoms with Gasteiger partial charge in [0.1, 0.15) is 6.04 Å². The lowest BCUT2D eigenvalue weighted by Gasteiger charge is -2.25. The molecule has 2 unspecified atom stereocenters. The van der Waals surface area contributed by atoms with Gasteiger partial charge in [-0.1, -0.05) is 55.7 Å². The zero-order chi connectivity index (χ0) is 27.1. The zero-order valence-electron chi connectivity index (χ0n) is 21.4. The maximum Gasteiger partial charge on any atom is 0.305 e. The number of unbranched alkanes of at least 4 members (excludes halogenated alkanes) is 1. The molecule has 1 heterocycles. The number of amides is 1. The zero-order valence-corrected chi connectivity index (χ0v) is 21.4. The summed E-state index contributed by atoms with van der Waals surface area (Å²) in [6.07, 6.45) is 3.56. The number of benzene rings is 2. The number of aromatic nitrogens is 1.